The summed E-state index contributed by atoms with van der Waals surface area (Å²) >= 11 is 1.70. The molecular formula is C20H26N4OS. The molecule has 0 atom stereocenters. The number of likely N-dealkylation sites (tertiary alicyclic amines) is 1. The third kappa shape index (κ3) is 3.43. The van der Waals surface area contributed by atoms with Crippen LogP contribution in [0.5, 0.6) is 0 Å². The second kappa shape index (κ2) is 7.89. The van der Waals surface area contributed by atoms with E-state index in [0.29, 0.717) is 6.54 Å². The number of fused-ring (bicyclic) bond motifs is 3. The molecule has 5 nitrogen and oxygen atoms in total. The summed E-state index contributed by atoms with van der Waals surface area (Å²) in [4.78, 5) is 22.7. The lowest BCUT2D eigenvalue weighted by Crippen LogP contribution is -2.32. The first kappa shape index (κ1) is 17.7. The summed E-state index contributed by atoms with van der Waals surface area (Å²) < 4.78 is 1.63. The van der Waals surface area contributed by atoms with Gasteiger partial charge in [0.1, 0.15) is 17.2 Å². The normalized spacial score (nSPS) is 18.9. The maximum Gasteiger partial charge on any atom is 0.263 e. The zero-order valence-electron chi connectivity index (χ0n) is 15.3. The van der Waals surface area contributed by atoms with Crippen LogP contribution in [0.3, 0.4) is 0 Å². The quantitative estimate of drug-likeness (QED) is 0.828. The fourth-order valence-corrected chi connectivity index (χ4v) is 5.58. The van der Waals surface area contributed by atoms with Gasteiger partial charge in [-0.05, 0) is 57.2 Å². The molecule has 0 amide bonds. The maximum atomic E-state index is 13.2. The summed E-state index contributed by atoms with van der Waals surface area (Å²) in [6.07, 6.45) is 10.7. The SMILES string of the molecule is N#CCn1c(CN2CCCCCCC2)nc2sc3c(c2c1=O)CCCC3. The molecule has 1 fully saturated rings. The lowest BCUT2D eigenvalue weighted by atomic mass is 9.97. The minimum Gasteiger partial charge on any atom is -0.296 e. The molecule has 0 unspecified atom stereocenters. The highest BCUT2D eigenvalue weighted by molar-refractivity contribution is 7.18. The predicted molar refractivity (Wildman–Crippen MR) is 104 cm³/mol. The number of nitrogens with zero attached hydrogens (tertiary/aromatic N) is 4. The molecule has 1 aliphatic heterocycles. The van der Waals surface area contributed by atoms with Crippen molar-refractivity contribution in [2.75, 3.05) is 13.1 Å². The first-order valence-electron chi connectivity index (χ1n) is 9.91. The molecule has 2 aliphatic rings. The van der Waals surface area contributed by atoms with E-state index >= 15 is 0 Å². The van der Waals surface area contributed by atoms with Crippen LogP contribution < -0.4 is 5.56 Å². The van der Waals surface area contributed by atoms with Crippen LogP contribution in [-0.4, -0.2) is 27.5 Å². The van der Waals surface area contributed by atoms with E-state index in [-0.39, 0.29) is 12.1 Å². The van der Waals surface area contributed by atoms with E-state index < -0.39 is 0 Å². The Balaban J connectivity index is 1.74. The molecule has 3 heterocycles. The molecule has 138 valence electrons. The zero-order valence-corrected chi connectivity index (χ0v) is 16.1. The molecule has 2 aromatic rings. The van der Waals surface area contributed by atoms with Gasteiger partial charge in [0.25, 0.3) is 5.56 Å². The average Bonchev–Trinajstić information content (AvgIpc) is 2.98. The monoisotopic (exact) mass is 370 g/mol. The van der Waals surface area contributed by atoms with Gasteiger partial charge in [-0.3, -0.25) is 14.3 Å². The van der Waals surface area contributed by atoms with Gasteiger partial charge >= 0.3 is 0 Å². The smallest absolute Gasteiger partial charge is 0.263 e. The van der Waals surface area contributed by atoms with E-state index in [0.717, 1.165) is 48.4 Å². The fourth-order valence-electron chi connectivity index (χ4n) is 4.31. The van der Waals surface area contributed by atoms with Crippen molar-refractivity contribution in [1.29, 1.82) is 5.26 Å². The lowest BCUT2D eigenvalue weighted by Gasteiger charge is -2.25. The van der Waals surface area contributed by atoms with E-state index in [1.807, 2.05) is 0 Å². The summed E-state index contributed by atoms with van der Waals surface area (Å²) in [5.41, 5.74) is 1.20. The summed E-state index contributed by atoms with van der Waals surface area (Å²) in [6.45, 7) is 2.88. The zero-order chi connectivity index (χ0) is 17.9. The first-order valence-corrected chi connectivity index (χ1v) is 10.7. The van der Waals surface area contributed by atoms with Gasteiger partial charge in [0.2, 0.25) is 0 Å². The van der Waals surface area contributed by atoms with Gasteiger partial charge in [-0.25, -0.2) is 4.98 Å². The third-order valence-electron chi connectivity index (χ3n) is 5.70. The predicted octanol–water partition coefficient (Wildman–Crippen LogP) is 3.63. The molecule has 26 heavy (non-hydrogen) atoms. The van der Waals surface area contributed by atoms with Gasteiger partial charge in [-0.1, -0.05) is 19.3 Å². The van der Waals surface area contributed by atoms with Crippen molar-refractivity contribution in [3.8, 4) is 6.07 Å². The number of aromatic nitrogens is 2. The van der Waals surface area contributed by atoms with Gasteiger partial charge in [0.05, 0.1) is 18.0 Å². The minimum absolute atomic E-state index is 0.00186. The van der Waals surface area contributed by atoms with Crippen molar-refractivity contribution in [3.05, 3.63) is 26.6 Å². The Morgan fingerprint density at radius 2 is 1.77 bits per heavy atom. The van der Waals surface area contributed by atoms with E-state index in [2.05, 4.69) is 11.0 Å². The Kier molecular flexibility index (Phi) is 5.37. The van der Waals surface area contributed by atoms with E-state index in [1.165, 1.54) is 49.0 Å². The van der Waals surface area contributed by atoms with E-state index in [4.69, 9.17) is 4.98 Å². The van der Waals surface area contributed by atoms with E-state index in [1.54, 1.807) is 15.9 Å². The van der Waals surface area contributed by atoms with Gasteiger partial charge in [-0.2, -0.15) is 5.26 Å². The number of hydrogen-bond donors (Lipinski definition) is 0. The highest BCUT2D eigenvalue weighted by Gasteiger charge is 2.22. The minimum atomic E-state index is -0.00186. The Bertz CT molecular complexity index is 884. The van der Waals surface area contributed by atoms with Crippen LogP contribution in [0.4, 0.5) is 0 Å². The van der Waals surface area contributed by atoms with Crippen molar-refractivity contribution in [1.82, 2.24) is 14.5 Å². The summed E-state index contributed by atoms with van der Waals surface area (Å²) in [5, 5.41) is 10.1. The first-order chi connectivity index (χ1) is 12.8. The Labute approximate surface area is 158 Å². The van der Waals surface area contributed by atoms with Gasteiger partial charge < -0.3 is 0 Å². The molecule has 1 saturated heterocycles. The van der Waals surface area contributed by atoms with Crippen molar-refractivity contribution in [2.24, 2.45) is 0 Å². The van der Waals surface area contributed by atoms with Crippen LogP contribution in [0.2, 0.25) is 0 Å². The van der Waals surface area contributed by atoms with Crippen LogP contribution in [0.25, 0.3) is 10.2 Å². The summed E-state index contributed by atoms with van der Waals surface area (Å²) in [7, 11) is 0. The molecule has 6 heteroatoms. The van der Waals surface area contributed by atoms with Crippen LogP contribution in [-0.2, 0) is 25.9 Å². The van der Waals surface area contributed by atoms with Crippen LogP contribution >= 0.6 is 11.3 Å². The Hall–Kier alpha value is -1.71. The third-order valence-corrected chi connectivity index (χ3v) is 6.88. The molecule has 4 rings (SSSR count). The van der Waals surface area contributed by atoms with Crippen molar-refractivity contribution in [2.45, 2.75) is 70.9 Å². The molecule has 0 bridgehead atoms. The van der Waals surface area contributed by atoms with Crippen molar-refractivity contribution >= 4 is 21.6 Å². The largest absolute Gasteiger partial charge is 0.296 e. The number of hydrogen-bond acceptors (Lipinski definition) is 5. The molecule has 0 radical (unpaired) electrons. The highest BCUT2D eigenvalue weighted by Crippen LogP contribution is 2.33. The van der Waals surface area contributed by atoms with E-state index in [9.17, 15) is 10.1 Å². The number of thiophene rings is 1. The van der Waals surface area contributed by atoms with Crippen LogP contribution in [0, 0.1) is 11.3 Å². The fraction of sp³-hybridized carbons (Fsp3) is 0.650. The highest BCUT2D eigenvalue weighted by atomic mass is 32.1. The molecule has 0 saturated carbocycles. The van der Waals surface area contributed by atoms with Gasteiger partial charge in [0.15, 0.2) is 0 Å². The summed E-state index contributed by atoms with van der Waals surface area (Å²) in [5.74, 6) is 0.767. The molecular weight excluding hydrogens is 344 g/mol. The van der Waals surface area contributed by atoms with Gasteiger partial charge in [-0.15, -0.1) is 11.3 Å². The second-order valence-corrected chi connectivity index (χ2v) is 8.60. The standard InChI is InChI=1S/C20H26N4OS/c21-10-13-24-17(14-23-11-6-2-1-3-7-12-23)22-19-18(20(24)25)15-8-4-5-9-16(15)26-19/h1-9,11-14H2. The maximum absolute atomic E-state index is 13.2. The molecule has 2 aromatic heterocycles. The molecule has 0 aromatic carbocycles. The number of nitriles is 1. The number of rotatable bonds is 3. The Morgan fingerprint density at radius 1 is 1.04 bits per heavy atom. The van der Waals surface area contributed by atoms with Crippen molar-refractivity contribution < 1.29 is 0 Å². The summed E-state index contributed by atoms with van der Waals surface area (Å²) in [6, 6.07) is 2.17. The van der Waals surface area contributed by atoms with Crippen molar-refractivity contribution in [3.63, 3.8) is 0 Å². The topological polar surface area (TPSA) is 61.9 Å². The lowest BCUT2D eigenvalue weighted by molar-refractivity contribution is 0.231. The molecule has 0 N–H and O–H groups in total. The molecule has 0 spiro atoms. The Morgan fingerprint density at radius 3 is 2.54 bits per heavy atom. The number of aryl methyl sites for hydroxylation is 2. The molecule has 1 aliphatic carbocycles. The van der Waals surface area contributed by atoms with Gasteiger partial charge in [0, 0.05) is 4.88 Å². The van der Waals surface area contributed by atoms with Crippen LogP contribution in [0.1, 0.15) is 61.2 Å². The van der Waals surface area contributed by atoms with Crippen LogP contribution in [0.15, 0.2) is 4.79 Å². The average molecular weight is 371 g/mol. The second-order valence-electron chi connectivity index (χ2n) is 7.51.